The van der Waals surface area contributed by atoms with Crippen LogP contribution in [0.15, 0.2) is 0 Å². The minimum atomic E-state index is 0. The highest BCUT2D eigenvalue weighted by molar-refractivity contribution is 6.17. The van der Waals surface area contributed by atoms with Crippen LogP contribution in [0.5, 0.6) is 0 Å². The first kappa shape index (κ1) is 17.6. The van der Waals surface area contributed by atoms with Crippen LogP contribution in [-0.4, -0.2) is 11.4 Å². The highest BCUT2D eigenvalue weighted by Gasteiger charge is 1.91. The molecule has 15 heavy (non-hydrogen) atoms. The van der Waals surface area contributed by atoms with Crippen LogP contribution in [-0.2, 0) is 0 Å². The van der Waals surface area contributed by atoms with E-state index in [1.54, 1.807) is 0 Å². The lowest BCUT2D eigenvalue weighted by Gasteiger charge is -2.01. The van der Waals surface area contributed by atoms with Crippen LogP contribution in [0.25, 0.3) is 0 Å². The molecule has 0 radical (unpaired) electrons. The number of halogens is 1. The van der Waals surface area contributed by atoms with Gasteiger partial charge in [-0.1, -0.05) is 71.1 Å². The molecule has 0 unspecified atom stereocenters. The maximum Gasteiger partial charge on any atom is 0.0223 e. The van der Waals surface area contributed by atoms with Crippen molar-refractivity contribution in [1.29, 1.82) is 0 Å². The van der Waals surface area contributed by atoms with E-state index in [2.05, 4.69) is 6.92 Å². The van der Waals surface area contributed by atoms with Crippen molar-refractivity contribution in [2.24, 2.45) is 0 Å². The number of hydrogen-bond acceptors (Lipinski definition) is 0. The quantitative estimate of drug-likeness (QED) is 0.368. The van der Waals surface area contributed by atoms with E-state index in [0.717, 1.165) is 5.88 Å². The molecular weight excluding hydrogens is 208 g/mol. The molecule has 0 spiro atoms. The zero-order valence-corrected chi connectivity index (χ0v) is 11.1. The van der Waals surface area contributed by atoms with Gasteiger partial charge in [-0.3, -0.25) is 0 Å². The van der Waals surface area contributed by atoms with Gasteiger partial charge in [0.2, 0.25) is 0 Å². The molecule has 0 bridgehead atoms. The van der Waals surface area contributed by atoms with Crippen LogP contribution in [0.2, 0.25) is 0 Å². The minimum Gasteiger partial charge on any atom is -0.412 e. The summed E-state index contributed by atoms with van der Waals surface area (Å²) in [6.45, 7) is 2.27. The molecule has 0 aromatic rings. The molecule has 2 heteroatoms. The standard InChI is InChI=1S/C13H27Cl.H2O/c1-2-3-4-5-6-7-8-9-10-11-12-13-14;/h2-13H2,1H3;1H2. The lowest BCUT2D eigenvalue weighted by molar-refractivity contribution is 0.555. The predicted molar refractivity (Wildman–Crippen MR) is 70.8 cm³/mol. The zero-order chi connectivity index (χ0) is 10.5. The highest BCUT2D eigenvalue weighted by Crippen LogP contribution is 2.11. The second-order valence-electron chi connectivity index (χ2n) is 4.22. The molecule has 0 fully saturated rings. The van der Waals surface area contributed by atoms with Crippen LogP contribution in [0.3, 0.4) is 0 Å². The Balaban J connectivity index is 0. The van der Waals surface area contributed by atoms with Crippen LogP contribution < -0.4 is 0 Å². The Morgan fingerprint density at radius 1 is 0.600 bits per heavy atom. The smallest absolute Gasteiger partial charge is 0.0223 e. The molecule has 0 rings (SSSR count). The third-order valence-electron chi connectivity index (χ3n) is 2.74. The van der Waals surface area contributed by atoms with E-state index in [1.807, 2.05) is 0 Å². The van der Waals surface area contributed by atoms with E-state index in [9.17, 15) is 0 Å². The van der Waals surface area contributed by atoms with E-state index in [1.165, 1.54) is 70.6 Å². The number of rotatable bonds is 11. The summed E-state index contributed by atoms with van der Waals surface area (Å²) in [4.78, 5) is 0. The van der Waals surface area contributed by atoms with Crippen molar-refractivity contribution in [3.8, 4) is 0 Å². The fourth-order valence-electron chi connectivity index (χ4n) is 1.76. The number of hydrogen-bond donors (Lipinski definition) is 0. The Morgan fingerprint density at radius 3 is 1.27 bits per heavy atom. The maximum absolute atomic E-state index is 5.61. The van der Waals surface area contributed by atoms with Gasteiger partial charge >= 0.3 is 0 Å². The van der Waals surface area contributed by atoms with Gasteiger partial charge in [0.05, 0.1) is 0 Å². The highest BCUT2D eigenvalue weighted by atomic mass is 35.5. The monoisotopic (exact) mass is 236 g/mol. The van der Waals surface area contributed by atoms with Gasteiger partial charge in [0, 0.05) is 5.88 Å². The molecule has 0 aliphatic heterocycles. The van der Waals surface area contributed by atoms with Gasteiger partial charge in [-0.05, 0) is 6.42 Å². The largest absolute Gasteiger partial charge is 0.412 e. The summed E-state index contributed by atoms with van der Waals surface area (Å²) in [6.07, 6.45) is 15.4. The third kappa shape index (κ3) is 16.9. The van der Waals surface area contributed by atoms with Gasteiger partial charge in [-0.15, -0.1) is 11.6 Å². The van der Waals surface area contributed by atoms with E-state index in [-0.39, 0.29) is 5.48 Å². The molecule has 0 amide bonds. The van der Waals surface area contributed by atoms with E-state index >= 15 is 0 Å². The summed E-state index contributed by atoms with van der Waals surface area (Å²) in [7, 11) is 0. The average molecular weight is 237 g/mol. The van der Waals surface area contributed by atoms with Crippen molar-refractivity contribution in [2.75, 3.05) is 5.88 Å². The van der Waals surface area contributed by atoms with Crippen molar-refractivity contribution < 1.29 is 5.48 Å². The third-order valence-corrected chi connectivity index (χ3v) is 3.00. The molecular formula is C13H29ClO. The van der Waals surface area contributed by atoms with Gasteiger partial charge in [-0.25, -0.2) is 0 Å². The molecule has 94 valence electrons. The molecule has 0 aliphatic rings. The van der Waals surface area contributed by atoms with Gasteiger partial charge in [0.15, 0.2) is 0 Å². The molecule has 0 aromatic carbocycles. The molecule has 0 heterocycles. The summed E-state index contributed by atoms with van der Waals surface area (Å²) in [5, 5.41) is 0. The van der Waals surface area contributed by atoms with Crippen LogP contribution in [0, 0.1) is 0 Å². The maximum atomic E-state index is 5.61. The van der Waals surface area contributed by atoms with Gasteiger partial charge < -0.3 is 5.48 Å². The Hall–Kier alpha value is 0.250. The lowest BCUT2D eigenvalue weighted by atomic mass is 10.1. The molecule has 0 aromatic heterocycles. The second-order valence-corrected chi connectivity index (χ2v) is 4.60. The van der Waals surface area contributed by atoms with Crippen molar-refractivity contribution in [2.45, 2.75) is 77.6 Å². The molecule has 0 saturated heterocycles. The zero-order valence-electron chi connectivity index (χ0n) is 10.4. The van der Waals surface area contributed by atoms with E-state index < -0.39 is 0 Å². The van der Waals surface area contributed by atoms with Gasteiger partial charge in [-0.2, -0.15) is 0 Å². The summed E-state index contributed by atoms with van der Waals surface area (Å²) in [6, 6.07) is 0. The fraction of sp³-hybridized carbons (Fsp3) is 1.00. The number of alkyl halides is 1. The molecule has 2 N–H and O–H groups in total. The first-order valence-corrected chi connectivity index (χ1v) is 7.01. The van der Waals surface area contributed by atoms with Gasteiger partial charge in [0.1, 0.15) is 0 Å². The van der Waals surface area contributed by atoms with Crippen LogP contribution in [0.1, 0.15) is 77.6 Å². The predicted octanol–water partition coefficient (Wildman–Crippen LogP) is 4.71. The van der Waals surface area contributed by atoms with Crippen LogP contribution >= 0.6 is 11.6 Å². The Labute approximate surface area is 101 Å². The summed E-state index contributed by atoms with van der Waals surface area (Å²) in [5.74, 6) is 0.844. The molecule has 0 aliphatic carbocycles. The first-order chi connectivity index (χ1) is 6.91. The Morgan fingerprint density at radius 2 is 0.933 bits per heavy atom. The number of unbranched alkanes of at least 4 members (excludes halogenated alkanes) is 10. The van der Waals surface area contributed by atoms with Crippen molar-refractivity contribution in [3.63, 3.8) is 0 Å². The molecule has 1 nitrogen and oxygen atoms in total. The normalized spacial score (nSPS) is 10.0. The van der Waals surface area contributed by atoms with E-state index in [0.29, 0.717) is 0 Å². The first-order valence-electron chi connectivity index (χ1n) is 6.47. The van der Waals surface area contributed by atoms with E-state index in [4.69, 9.17) is 11.6 Å². The Kier molecular flexibility index (Phi) is 19.6. The van der Waals surface area contributed by atoms with Crippen molar-refractivity contribution >= 4 is 11.6 Å². The van der Waals surface area contributed by atoms with Crippen molar-refractivity contribution in [1.82, 2.24) is 0 Å². The summed E-state index contributed by atoms with van der Waals surface area (Å²) in [5.41, 5.74) is 0. The summed E-state index contributed by atoms with van der Waals surface area (Å²) >= 11 is 5.61. The topological polar surface area (TPSA) is 31.5 Å². The van der Waals surface area contributed by atoms with Crippen LogP contribution in [0.4, 0.5) is 0 Å². The minimum absolute atomic E-state index is 0. The van der Waals surface area contributed by atoms with Crippen molar-refractivity contribution in [3.05, 3.63) is 0 Å². The second kappa shape index (κ2) is 16.7. The van der Waals surface area contributed by atoms with Gasteiger partial charge in [0.25, 0.3) is 0 Å². The average Bonchev–Trinajstić information content (AvgIpc) is 2.21. The Bertz CT molecular complexity index is 84.5. The SMILES string of the molecule is CCCCCCCCCCCCCCl.O. The fourth-order valence-corrected chi connectivity index (χ4v) is 1.95. The lowest BCUT2D eigenvalue weighted by Crippen LogP contribution is -1.82. The molecule has 0 saturated carbocycles. The summed E-state index contributed by atoms with van der Waals surface area (Å²) < 4.78 is 0. The molecule has 0 atom stereocenters.